The molecule has 140 valence electrons. The van der Waals surface area contributed by atoms with Crippen LogP contribution in [-0.2, 0) is 16.0 Å². The van der Waals surface area contributed by atoms with E-state index in [1.807, 2.05) is 0 Å². The van der Waals surface area contributed by atoms with Gasteiger partial charge in [-0.3, -0.25) is 9.59 Å². The Kier molecular flexibility index (Phi) is 5.30. The largest absolute Gasteiger partial charge is 0.481 e. The molecule has 0 radical (unpaired) electrons. The highest BCUT2D eigenvalue weighted by molar-refractivity contribution is 5.90. The maximum atomic E-state index is 12.2. The fourth-order valence-electron chi connectivity index (χ4n) is 2.53. The number of fused-ring (bicyclic) bond motifs is 1. The SMILES string of the molecule is COc1ccc2nnc(CCC(=O)Nc3ccc(C(C)C(=O)O)cc3)n2n1. The van der Waals surface area contributed by atoms with Gasteiger partial charge in [0.25, 0.3) is 0 Å². The van der Waals surface area contributed by atoms with E-state index in [2.05, 4.69) is 20.6 Å². The predicted octanol–water partition coefficient (Wildman–Crippen LogP) is 1.89. The van der Waals surface area contributed by atoms with Gasteiger partial charge in [0.1, 0.15) is 0 Å². The number of carbonyl (C=O) groups is 2. The van der Waals surface area contributed by atoms with Crippen molar-refractivity contribution in [3.05, 3.63) is 47.8 Å². The van der Waals surface area contributed by atoms with Crippen LogP contribution in [-0.4, -0.2) is 43.9 Å². The third-order valence-electron chi connectivity index (χ3n) is 4.15. The molecule has 1 amide bonds. The maximum Gasteiger partial charge on any atom is 0.310 e. The molecule has 9 nitrogen and oxygen atoms in total. The summed E-state index contributed by atoms with van der Waals surface area (Å²) in [5.74, 6) is -0.680. The van der Waals surface area contributed by atoms with E-state index in [-0.39, 0.29) is 12.3 Å². The van der Waals surface area contributed by atoms with Crippen molar-refractivity contribution in [1.82, 2.24) is 19.8 Å². The van der Waals surface area contributed by atoms with Gasteiger partial charge in [0.05, 0.1) is 13.0 Å². The molecule has 0 fully saturated rings. The highest BCUT2D eigenvalue weighted by Gasteiger charge is 2.14. The fraction of sp³-hybridized carbons (Fsp3) is 0.278. The lowest BCUT2D eigenvalue weighted by molar-refractivity contribution is -0.138. The maximum absolute atomic E-state index is 12.2. The van der Waals surface area contributed by atoms with E-state index in [4.69, 9.17) is 9.84 Å². The summed E-state index contributed by atoms with van der Waals surface area (Å²) >= 11 is 0. The van der Waals surface area contributed by atoms with Gasteiger partial charge < -0.3 is 15.2 Å². The lowest BCUT2D eigenvalue weighted by Gasteiger charge is -2.09. The molecule has 1 aromatic carbocycles. The van der Waals surface area contributed by atoms with Crippen LogP contribution in [0.3, 0.4) is 0 Å². The van der Waals surface area contributed by atoms with Gasteiger partial charge in [-0.1, -0.05) is 12.1 Å². The summed E-state index contributed by atoms with van der Waals surface area (Å²) in [6.07, 6.45) is 0.564. The molecule has 2 N–H and O–H groups in total. The molecule has 1 atom stereocenters. The Labute approximate surface area is 155 Å². The number of amides is 1. The average Bonchev–Trinajstić information content (AvgIpc) is 3.08. The standard InChI is InChI=1S/C18H19N5O4/c1-11(18(25)26)12-3-5-13(6-4-12)19-16(24)9-7-14-20-21-15-8-10-17(27-2)22-23(14)15/h3-6,8,10-11H,7,9H2,1-2H3,(H,19,24)(H,25,26). The Morgan fingerprint density at radius 1 is 1.19 bits per heavy atom. The van der Waals surface area contributed by atoms with Crippen LogP contribution >= 0.6 is 0 Å². The summed E-state index contributed by atoms with van der Waals surface area (Å²) in [6, 6.07) is 10.2. The summed E-state index contributed by atoms with van der Waals surface area (Å²) in [5, 5.41) is 24.1. The molecule has 0 saturated heterocycles. The number of carboxylic acid groups (broad SMARTS) is 1. The number of hydrogen-bond acceptors (Lipinski definition) is 6. The lowest BCUT2D eigenvalue weighted by atomic mass is 10.0. The zero-order chi connectivity index (χ0) is 19.4. The Morgan fingerprint density at radius 2 is 1.93 bits per heavy atom. The number of aliphatic carboxylic acids is 1. The minimum absolute atomic E-state index is 0.186. The number of rotatable bonds is 7. The average molecular weight is 369 g/mol. The zero-order valence-corrected chi connectivity index (χ0v) is 14.9. The number of ether oxygens (including phenoxy) is 1. The van der Waals surface area contributed by atoms with Crippen LogP contribution in [0.25, 0.3) is 5.65 Å². The molecular weight excluding hydrogens is 350 g/mol. The molecule has 0 spiro atoms. The highest BCUT2D eigenvalue weighted by atomic mass is 16.5. The van der Waals surface area contributed by atoms with E-state index in [1.165, 1.54) is 7.11 Å². The number of hydrogen-bond donors (Lipinski definition) is 2. The summed E-state index contributed by atoms with van der Waals surface area (Å²) in [4.78, 5) is 23.2. The number of nitrogens with one attached hydrogen (secondary N) is 1. The molecule has 3 aromatic rings. The van der Waals surface area contributed by atoms with Crippen LogP contribution in [0.5, 0.6) is 5.88 Å². The molecular formula is C18H19N5O4. The van der Waals surface area contributed by atoms with E-state index in [1.54, 1.807) is 47.8 Å². The predicted molar refractivity (Wildman–Crippen MR) is 96.8 cm³/mol. The van der Waals surface area contributed by atoms with Crippen LogP contribution in [0, 0.1) is 0 Å². The molecule has 0 aliphatic carbocycles. The number of carbonyl (C=O) groups excluding carboxylic acids is 1. The number of aromatic nitrogens is 4. The van der Waals surface area contributed by atoms with Gasteiger partial charge >= 0.3 is 5.97 Å². The molecule has 9 heteroatoms. The summed E-state index contributed by atoms with van der Waals surface area (Å²) in [7, 11) is 1.52. The summed E-state index contributed by atoms with van der Waals surface area (Å²) in [6.45, 7) is 1.61. The van der Waals surface area contributed by atoms with E-state index in [0.29, 0.717) is 35.0 Å². The van der Waals surface area contributed by atoms with Crippen molar-refractivity contribution in [3.8, 4) is 5.88 Å². The first-order valence-corrected chi connectivity index (χ1v) is 8.36. The normalized spacial score (nSPS) is 11.9. The second kappa shape index (κ2) is 7.81. The van der Waals surface area contributed by atoms with E-state index in [0.717, 1.165) is 0 Å². The van der Waals surface area contributed by atoms with Crippen LogP contribution in [0.4, 0.5) is 5.69 Å². The second-order valence-corrected chi connectivity index (χ2v) is 5.99. The topological polar surface area (TPSA) is 119 Å². The first-order chi connectivity index (χ1) is 13.0. The van der Waals surface area contributed by atoms with Crippen molar-refractivity contribution < 1.29 is 19.4 Å². The molecule has 0 saturated carbocycles. The Balaban J connectivity index is 1.61. The van der Waals surface area contributed by atoms with Crippen molar-refractivity contribution >= 4 is 23.2 Å². The molecule has 1 unspecified atom stereocenters. The van der Waals surface area contributed by atoms with E-state index in [9.17, 15) is 9.59 Å². The smallest absolute Gasteiger partial charge is 0.310 e. The molecule has 27 heavy (non-hydrogen) atoms. The number of methoxy groups -OCH3 is 1. The summed E-state index contributed by atoms with van der Waals surface area (Å²) < 4.78 is 6.64. The highest BCUT2D eigenvalue weighted by Crippen LogP contribution is 2.18. The zero-order valence-electron chi connectivity index (χ0n) is 14.9. The van der Waals surface area contributed by atoms with Crippen LogP contribution in [0.2, 0.25) is 0 Å². The van der Waals surface area contributed by atoms with Crippen molar-refractivity contribution in [1.29, 1.82) is 0 Å². The Hall–Kier alpha value is -3.49. The fourth-order valence-corrected chi connectivity index (χ4v) is 2.53. The van der Waals surface area contributed by atoms with Crippen molar-refractivity contribution in [2.75, 3.05) is 12.4 Å². The number of aryl methyl sites for hydroxylation is 1. The second-order valence-electron chi connectivity index (χ2n) is 5.99. The van der Waals surface area contributed by atoms with Crippen molar-refractivity contribution in [2.24, 2.45) is 0 Å². The minimum Gasteiger partial charge on any atom is -0.481 e. The van der Waals surface area contributed by atoms with Crippen LogP contribution in [0.15, 0.2) is 36.4 Å². The number of benzene rings is 1. The Bertz CT molecular complexity index is 968. The third kappa shape index (κ3) is 4.20. The van der Waals surface area contributed by atoms with E-state index < -0.39 is 11.9 Å². The first-order valence-electron chi connectivity index (χ1n) is 8.36. The van der Waals surface area contributed by atoms with Gasteiger partial charge in [-0.2, -0.15) is 4.52 Å². The van der Waals surface area contributed by atoms with Gasteiger partial charge in [-0.15, -0.1) is 15.3 Å². The van der Waals surface area contributed by atoms with Crippen molar-refractivity contribution in [3.63, 3.8) is 0 Å². The number of carboxylic acids is 1. The summed E-state index contributed by atoms with van der Waals surface area (Å²) in [5.41, 5.74) is 1.86. The van der Waals surface area contributed by atoms with Crippen LogP contribution < -0.4 is 10.1 Å². The molecule has 2 heterocycles. The van der Waals surface area contributed by atoms with E-state index >= 15 is 0 Å². The monoisotopic (exact) mass is 369 g/mol. The molecule has 3 rings (SSSR count). The van der Waals surface area contributed by atoms with Gasteiger partial charge in [-0.05, 0) is 30.7 Å². The van der Waals surface area contributed by atoms with Gasteiger partial charge in [-0.25, -0.2) is 0 Å². The quantitative estimate of drug-likeness (QED) is 0.653. The Morgan fingerprint density at radius 3 is 2.59 bits per heavy atom. The molecule has 0 aliphatic rings. The molecule has 2 aromatic heterocycles. The lowest BCUT2D eigenvalue weighted by Crippen LogP contribution is -2.14. The molecule has 0 bridgehead atoms. The van der Waals surface area contributed by atoms with Gasteiger partial charge in [0.15, 0.2) is 11.5 Å². The van der Waals surface area contributed by atoms with Gasteiger partial charge in [0, 0.05) is 24.6 Å². The third-order valence-corrected chi connectivity index (χ3v) is 4.15. The minimum atomic E-state index is -0.891. The number of anilines is 1. The number of nitrogens with zero attached hydrogens (tertiary/aromatic N) is 4. The van der Waals surface area contributed by atoms with Crippen molar-refractivity contribution in [2.45, 2.75) is 25.7 Å². The first kappa shape index (κ1) is 18.3. The molecule has 0 aliphatic heterocycles. The van der Waals surface area contributed by atoms with Crippen LogP contribution in [0.1, 0.15) is 30.7 Å². The van der Waals surface area contributed by atoms with Gasteiger partial charge in [0.2, 0.25) is 11.8 Å².